The highest BCUT2D eigenvalue weighted by Crippen LogP contribution is 2.34. The zero-order valence-electron chi connectivity index (χ0n) is 19.6. The lowest BCUT2D eigenvalue weighted by Gasteiger charge is -2.32. The van der Waals surface area contributed by atoms with Gasteiger partial charge in [-0.2, -0.15) is 15.4 Å². The molecule has 2 atom stereocenters. The number of aromatic nitrogens is 3. The first kappa shape index (κ1) is 22.8. The van der Waals surface area contributed by atoms with Gasteiger partial charge in [-0.25, -0.2) is 0 Å². The predicted octanol–water partition coefficient (Wildman–Crippen LogP) is 4.19. The molecule has 2 fully saturated rings. The highest BCUT2D eigenvalue weighted by Gasteiger charge is 2.40. The summed E-state index contributed by atoms with van der Waals surface area (Å²) in [4.78, 5) is 30.6. The van der Waals surface area contributed by atoms with E-state index in [0.717, 1.165) is 50.1 Å². The molecule has 0 saturated carbocycles. The van der Waals surface area contributed by atoms with Gasteiger partial charge in [-0.15, -0.1) is 0 Å². The molecule has 2 saturated heterocycles. The first-order chi connectivity index (χ1) is 16.3. The monoisotopic (exact) mass is 479 g/mol. The molecule has 0 radical (unpaired) electrons. The zero-order valence-corrected chi connectivity index (χ0v) is 20.4. The van der Waals surface area contributed by atoms with E-state index in [-0.39, 0.29) is 11.8 Å². The molecular formula is C26H30ClN5O2. The Morgan fingerprint density at radius 1 is 1.00 bits per heavy atom. The van der Waals surface area contributed by atoms with Crippen LogP contribution in [0.3, 0.4) is 0 Å². The van der Waals surface area contributed by atoms with Gasteiger partial charge in [0, 0.05) is 42.2 Å². The Labute approximate surface area is 204 Å². The smallest absolute Gasteiger partial charge is 0.253 e. The van der Waals surface area contributed by atoms with E-state index in [1.54, 1.807) is 6.07 Å². The van der Waals surface area contributed by atoms with Crippen LogP contribution in [0.1, 0.15) is 42.6 Å². The molecule has 34 heavy (non-hydrogen) atoms. The van der Waals surface area contributed by atoms with Gasteiger partial charge in [0.15, 0.2) is 0 Å². The molecule has 7 nitrogen and oxygen atoms in total. The molecule has 1 aromatic heterocycles. The Hall–Kier alpha value is -2.93. The predicted molar refractivity (Wildman–Crippen MR) is 132 cm³/mol. The van der Waals surface area contributed by atoms with Crippen LogP contribution in [-0.2, 0) is 11.2 Å². The van der Waals surface area contributed by atoms with Crippen LogP contribution >= 0.6 is 11.6 Å². The van der Waals surface area contributed by atoms with Crippen LogP contribution in [0.2, 0.25) is 5.02 Å². The van der Waals surface area contributed by atoms with E-state index in [2.05, 4.69) is 15.4 Å². The van der Waals surface area contributed by atoms with E-state index in [9.17, 15) is 9.59 Å². The van der Waals surface area contributed by atoms with Gasteiger partial charge in [0.2, 0.25) is 5.91 Å². The van der Waals surface area contributed by atoms with Crippen molar-refractivity contribution in [3.05, 3.63) is 58.6 Å². The van der Waals surface area contributed by atoms with Gasteiger partial charge in [-0.05, 0) is 67.0 Å². The molecule has 2 amide bonds. The number of hydrogen-bond donors (Lipinski definition) is 1. The molecule has 0 spiro atoms. The Morgan fingerprint density at radius 2 is 1.71 bits per heavy atom. The van der Waals surface area contributed by atoms with Gasteiger partial charge in [0.25, 0.3) is 5.91 Å². The lowest BCUT2D eigenvalue weighted by Crippen LogP contribution is -2.43. The summed E-state index contributed by atoms with van der Waals surface area (Å²) in [6.07, 6.45) is 2.51. The van der Waals surface area contributed by atoms with Gasteiger partial charge < -0.3 is 9.80 Å². The largest absolute Gasteiger partial charge is 0.342 e. The summed E-state index contributed by atoms with van der Waals surface area (Å²) < 4.78 is 0. The standard InChI is InChI=1S/C26H30ClN5O2/c1-26(2,14-17-4-3-5-21(27)12-17)25(34)31-10-8-19-15-32(16-20(19)9-11-31)24(33)18-6-7-22-23(13-18)29-30-28-22/h3-7,12-13,19-20H,8-11,14-16H2,1-2H3,(H,28,29,30)/t19-,20?/m1/s1. The van der Waals surface area contributed by atoms with Crippen LogP contribution in [-0.4, -0.2) is 63.2 Å². The molecule has 2 aromatic carbocycles. The Balaban J connectivity index is 1.20. The highest BCUT2D eigenvalue weighted by atomic mass is 35.5. The van der Waals surface area contributed by atoms with Gasteiger partial charge in [-0.1, -0.05) is 37.6 Å². The van der Waals surface area contributed by atoms with Gasteiger partial charge in [0.1, 0.15) is 11.0 Å². The number of carbonyl (C=O) groups is 2. The van der Waals surface area contributed by atoms with Crippen molar-refractivity contribution < 1.29 is 9.59 Å². The number of nitrogens with zero attached hydrogens (tertiary/aromatic N) is 4. The summed E-state index contributed by atoms with van der Waals surface area (Å²) in [5.41, 5.74) is 2.69. The zero-order chi connectivity index (χ0) is 23.9. The van der Waals surface area contributed by atoms with E-state index in [1.807, 2.05) is 60.0 Å². The molecule has 178 valence electrons. The van der Waals surface area contributed by atoms with Crippen molar-refractivity contribution in [3.63, 3.8) is 0 Å². The Morgan fingerprint density at radius 3 is 2.41 bits per heavy atom. The average molecular weight is 480 g/mol. The number of carbonyl (C=O) groups excluding carboxylic acids is 2. The van der Waals surface area contributed by atoms with Crippen molar-refractivity contribution in [2.24, 2.45) is 17.3 Å². The van der Waals surface area contributed by atoms with Crippen LogP contribution in [0.25, 0.3) is 11.0 Å². The number of fused-ring (bicyclic) bond motifs is 2. The molecule has 2 aliphatic heterocycles. The van der Waals surface area contributed by atoms with Crippen molar-refractivity contribution in [1.82, 2.24) is 25.2 Å². The third-order valence-corrected chi connectivity index (χ3v) is 7.60. The quantitative estimate of drug-likeness (QED) is 0.608. The van der Waals surface area contributed by atoms with Crippen molar-refractivity contribution >= 4 is 34.4 Å². The fraction of sp³-hybridized carbons (Fsp3) is 0.462. The summed E-state index contributed by atoms with van der Waals surface area (Å²) in [7, 11) is 0. The summed E-state index contributed by atoms with van der Waals surface area (Å²) in [5.74, 6) is 1.09. The molecule has 8 heteroatoms. The normalized spacial score (nSPS) is 20.9. The number of benzene rings is 2. The number of likely N-dealkylation sites (tertiary alicyclic amines) is 2. The summed E-state index contributed by atoms with van der Waals surface area (Å²) >= 11 is 6.14. The summed E-state index contributed by atoms with van der Waals surface area (Å²) in [6, 6.07) is 13.2. The minimum absolute atomic E-state index is 0.0496. The van der Waals surface area contributed by atoms with E-state index in [4.69, 9.17) is 11.6 Å². The maximum absolute atomic E-state index is 13.4. The van der Waals surface area contributed by atoms with Gasteiger partial charge in [-0.3, -0.25) is 9.59 Å². The van der Waals surface area contributed by atoms with Gasteiger partial charge in [0.05, 0.1) is 0 Å². The van der Waals surface area contributed by atoms with Crippen LogP contribution < -0.4 is 0 Å². The number of rotatable bonds is 4. The van der Waals surface area contributed by atoms with E-state index >= 15 is 0 Å². The fourth-order valence-electron chi connectivity index (χ4n) is 5.53. The molecule has 3 aromatic rings. The third-order valence-electron chi connectivity index (χ3n) is 7.37. The number of nitrogens with one attached hydrogen (secondary N) is 1. The lowest BCUT2D eigenvalue weighted by atomic mass is 9.84. The molecule has 0 aliphatic carbocycles. The Kier molecular flexibility index (Phi) is 6.06. The summed E-state index contributed by atoms with van der Waals surface area (Å²) in [6.45, 7) is 7.02. The minimum atomic E-state index is -0.494. The molecule has 1 unspecified atom stereocenters. The first-order valence-electron chi connectivity index (χ1n) is 11.9. The van der Waals surface area contributed by atoms with Crippen LogP contribution in [0.5, 0.6) is 0 Å². The number of amides is 2. The second-order valence-corrected chi connectivity index (χ2v) is 10.8. The van der Waals surface area contributed by atoms with Crippen molar-refractivity contribution in [2.45, 2.75) is 33.1 Å². The first-order valence-corrected chi connectivity index (χ1v) is 12.3. The summed E-state index contributed by atoms with van der Waals surface area (Å²) in [5, 5.41) is 11.4. The number of halogens is 1. The second kappa shape index (κ2) is 9.02. The van der Waals surface area contributed by atoms with E-state index < -0.39 is 5.41 Å². The van der Waals surface area contributed by atoms with E-state index in [1.165, 1.54) is 0 Å². The fourth-order valence-corrected chi connectivity index (χ4v) is 5.75. The van der Waals surface area contributed by atoms with Crippen LogP contribution in [0.15, 0.2) is 42.5 Å². The average Bonchev–Trinajstić information content (AvgIpc) is 3.40. The third kappa shape index (κ3) is 4.53. The Bertz CT molecular complexity index is 1210. The number of aromatic amines is 1. The maximum Gasteiger partial charge on any atom is 0.253 e. The van der Waals surface area contributed by atoms with Gasteiger partial charge >= 0.3 is 0 Å². The van der Waals surface area contributed by atoms with Crippen molar-refractivity contribution in [3.8, 4) is 0 Å². The van der Waals surface area contributed by atoms with Crippen LogP contribution in [0.4, 0.5) is 0 Å². The SMILES string of the molecule is CC(C)(Cc1cccc(Cl)c1)C(=O)N1CCC2CN(C(=O)c3ccc4n[nH]nc4c3)C[C@H]2CC1. The van der Waals surface area contributed by atoms with E-state index in [0.29, 0.717) is 34.4 Å². The maximum atomic E-state index is 13.4. The molecule has 0 bridgehead atoms. The topological polar surface area (TPSA) is 82.2 Å². The lowest BCUT2D eigenvalue weighted by molar-refractivity contribution is -0.140. The van der Waals surface area contributed by atoms with Crippen LogP contribution in [0, 0.1) is 17.3 Å². The molecule has 2 aliphatic rings. The number of hydrogen-bond acceptors (Lipinski definition) is 4. The second-order valence-electron chi connectivity index (χ2n) is 10.3. The van der Waals surface area contributed by atoms with Crippen molar-refractivity contribution in [1.29, 1.82) is 0 Å². The number of H-pyrrole nitrogens is 1. The molecule has 3 heterocycles. The minimum Gasteiger partial charge on any atom is -0.342 e. The molecule has 1 N–H and O–H groups in total. The van der Waals surface area contributed by atoms with Crippen molar-refractivity contribution in [2.75, 3.05) is 26.2 Å². The highest BCUT2D eigenvalue weighted by molar-refractivity contribution is 6.30. The molecular weight excluding hydrogens is 450 g/mol. The molecule has 5 rings (SSSR count).